The Morgan fingerprint density at radius 2 is 2.08 bits per heavy atom. The summed E-state index contributed by atoms with van der Waals surface area (Å²) in [7, 11) is 0. The second-order valence-electron chi connectivity index (χ2n) is 6.39. The minimum Gasteiger partial charge on any atom is -0.383 e. The molecule has 133 valence electrons. The molecule has 0 atom stereocenters. The minimum atomic E-state index is -0.738. The van der Waals surface area contributed by atoms with E-state index in [4.69, 9.17) is 11.0 Å². The van der Waals surface area contributed by atoms with E-state index in [0.717, 1.165) is 23.4 Å². The van der Waals surface area contributed by atoms with E-state index in [-0.39, 0.29) is 12.5 Å². The van der Waals surface area contributed by atoms with E-state index in [1.807, 2.05) is 6.07 Å². The molecule has 0 aromatic heterocycles. The van der Waals surface area contributed by atoms with Crippen molar-refractivity contribution in [3.05, 3.63) is 36.2 Å². The average molecular weight is 341 g/mol. The van der Waals surface area contributed by atoms with Crippen LogP contribution >= 0.6 is 0 Å². The van der Waals surface area contributed by atoms with Crippen LogP contribution in [-0.4, -0.2) is 29.9 Å². The van der Waals surface area contributed by atoms with Gasteiger partial charge in [0, 0.05) is 18.8 Å². The molecule has 1 aromatic carbocycles. The second kappa shape index (κ2) is 9.67. The molecule has 1 aromatic rings. The highest BCUT2D eigenvalue weighted by Crippen LogP contribution is 2.27. The number of imide groups is 1. The molecule has 0 unspecified atom stereocenters. The number of amides is 3. The van der Waals surface area contributed by atoms with E-state index < -0.39 is 6.03 Å². The number of nitrogens with one attached hydrogen (secondary N) is 1. The fraction of sp³-hybridized carbons (Fsp3) is 0.474. The summed E-state index contributed by atoms with van der Waals surface area (Å²) < 4.78 is 0. The molecule has 1 radical (unpaired) electrons. The number of carbonyl (C=O) groups is 2. The van der Waals surface area contributed by atoms with Crippen LogP contribution in [-0.2, 0) is 4.79 Å². The van der Waals surface area contributed by atoms with E-state index in [1.165, 1.54) is 19.3 Å². The minimum absolute atomic E-state index is 0.187. The van der Waals surface area contributed by atoms with Crippen LogP contribution in [0.3, 0.4) is 0 Å². The fourth-order valence-corrected chi connectivity index (χ4v) is 3.14. The largest absolute Gasteiger partial charge is 0.383 e. The van der Waals surface area contributed by atoms with Crippen molar-refractivity contribution in [1.82, 2.24) is 4.90 Å². The average Bonchev–Trinajstić information content (AvgIpc) is 2.64. The molecule has 1 fully saturated rings. The number of urea groups is 1. The molecule has 0 aliphatic heterocycles. The van der Waals surface area contributed by atoms with Crippen molar-refractivity contribution in [2.75, 3.05) is 18.4 Å². The number of nitriles is 1. The van der Waals surface area contributed by atoms with Gasteiger partial charge in [-0.05, 0) is 30.5 Å². The lowest BCUT2D eigenvalue weighted by Gasteiger charge is -2.23. The predicted molar refractivity (Wildman–Crippen MR) is 96.4 cm³/mol. The van der Waals surface area contributed by atoms with Crippen molar-refractivity contribution in [2.24, 2.45) is 11.7 Å². The summed E-state index contributed by atoms with van der Waals surface area (Å²) in [6.45, 7) is 0.562. The van der Waals surface area contributed by atoms with Gasteiger partial charge in [0.25, 0.3) is 0 Å². The first kappa shape index (κ1) is 18.8. The number of benzene rings is 1. The van der Waals surface area contributed by atoms with Crippen LogP contribution < -0.4 is 11.1 Å². The standard InChI is InChI=1S/C19H25N4O2/c20-14-16-7-4-8-17(13-16)22-11-12-23(19(21)25)18(24)10-9-15-5-2-1-3-6-15/h4,7-8,10,13,15,22H,1-3,5-6,9,11-12H2,(H2,21,25). The van der Waals surface area contributed by atoms with E-state index in [0.29, 0.717) is 24.4 Å². The first-order valence-corrected chi connectivity index (χ1v) is 8.78. The molecule has 6 nitrogen and oxygen atoms in total. The summed E-state index contributed by atoms with van der Waals surface area (Å²) in [4.78, 5) is 24.9. The van der Waals surface area contributed by atoms with Gasteiger partial charge in [-0.1, -0.05) is 38.2 Å². The zero-order valence-corrected chi connectivity index (χ0v) is 14.4. The summed E-state index contributed by atoms with van der Waals surface area (Å²) in [6.07, 6.45) is 8.32. The molecule has 0 bridgehead atoms. The number of carbonyl (C=O) groups excluding carboxylic acids is 2. The number of anilines is 1. The van der Waals surface area contributed by atoms with Crippen molar-refractivity contribution in [1.29, 1.82) is 5.26 Å². The molecule has 6 heteroatoms. The maximum Gasteiger partial charge on any atom is 0.321 e. The van der Waals surface area contributed by atoms with Gasteiger partial charge >= 0.3 is 6.03 Å². The molecule has 1 aliphatic carbocycles. The Morgan fingerprint density at radius 3 is 2.76 bits per heavy atom. The fourth-order valence-electron chi connectivity index (χ4n) is 3.14. The number of rotatable bonds is 7. The van der Waals surface area contributed by atoms with Crippen molar-refractivity contribution in [3.8, 4) is 6.07 Å². The van der Waals surface area contributed by atoms with Crippen molar-refractivity contribution >= 4 is 17.6 Å². The van der Waals surface area contributed by atoms with Crippen LogP contribution in [0.2, 0.25) is 0 Å². The first-order chi connectivity index (χ1) is 12.1. The highest BCUT2D eigenvalue weighted by Gasteiger charge is 2.21. The molecular weight excluding hydrogens is 316 g/mol. The van der Waals surface area contributed by atoms with Gasteiger partial charge in [-0.15, -0.1) is 0 Å². The molecule has 0 spiro atoms. The third-order valence-corrected chi connectivity index (χ3v) is 4.54. The topological polar surface area (TPSA) is 99.2 Å². The molecule has 2 rings (SSSR count). The molecular formula is C19H25N4O2. The van der Waals surface area contributed by atoms with Crippen molar-refractivity contribution in [3.63, 3.8) is 0 Å². The Kier molecular flexibility index (Phi) is 7.27. The first-order valence-electron chi connectivity index (χ1n) is 8.78. The Hall–Kier alpha value is -2.55. The van der Waals surface area contributed by atoms with Crippen LogP contribution in [0, 0.1) is 23.7 Å². The van der Waals surface area contributed by atoms with Crippen LogP contribution in [0.25, 0.3) is 0 Å². The Morgan fingerprint density at radius 1 is 1.32 bits per heavy atom. The van der Waals surface area contributed by atoms with E-state index in [2.05, 4.69) is 11.4 Å². The maximum atomic E-state index is 12.3. The van der Waals surface area contributed by atoms with Crippen LogP contribution in [0.4, 0.5) is 10.5 Å². The van der Waals surface area contributed by atoms with Gasteiger partial charge in [-0.2, -0.15) is 5.26 Å². The summed E-state index contributed by atoms with van der Waals surface area (Å²) in [5.74, 6) is 0.213. The lowest BCUT2D eigenvalue weighted by Crippen LogP contribution is -2.43. The van der Waals surface area contributed by atoms with Crippen molar-refractivity contribution < 1.29 is 9.59 Å². The van der Waals surface area contributed by atoms with E-state index in [9.17, 15) is 9.59 Å². The van der Waals surface area contributed by atoms with Gasteiger partial charge < -0.3 is 11.1 Å². The number of nitrogens with two attached hydrogens (primary N) is 1. The third-order valence-electron chi connectivity index (χ3n) is 4.54. The van der Waals surface area contributed by atoms with Gasteiger partial charge in [-0.25, -0.2) is 4.79 Å². The molecule has 1 saturated carbocycles. The zero-order valence-electron chi connectivity index (χ0n) is 14.4. The molecule has 0 saturated heterocycles. The number of nitrogens with zero attached hydrogens (tertiary/aromatic N) is 2. The molecule has 3 N–H and O–H groups in total. The molecule has 25 heavy (non-hydrogen) atoms. The van der Waals surface area contributed by atoms with E-state index >= 15 is 0 Å². The van der Waals surface area contributed by atoms with Gasteiger partial charge in [0.2, 0.25) is 5.91 Å². The summed E-state index contributed by atoms with van der Waals surface area (Å²) in [5, 5.41) is 12.0. The smallest absolute Gasteiger partial charge is 0.321 e. The van der Waals surface area contributed by atoms with E-state index in [1.54, 1.807) is 24.6 Å². The number of hydrogen-bond acceptors (Lipinski definition) is 4. The number of primary amides is 1. The lowest BCUT2D eigenvalue weighted by molar-refractivity contribution is -0.124. The Labute approximate surface area is 149 Å². The predicted octanol–water partition coefficient (Wildman–Crippen LogP) is 3.05. The molecule has 3 amide bonds. The maximum absolute atomic E-state index is 12.3. The SMILES string of the molecule is N#Cc1cccc(NCCN(C(N)=O)C(=O)[CH]CC2CCCCC2)c1. The van der Waals surface area contributed by atoms with Crippen LogP contribution in [0.1, 0.15) is 44.1 Å². The Balaban J connectivity index is 1.79. The monoisotopic (exact) mass is 341 g/mol. The normalized spacial score (nSPS) is 14.5. The highest BCUT2D eigenvalue weighted by atomic mass is 16.2. The van der Waals surface area contributed by atoms with Crippen molar-refractivity contribution in [2.45, 2.75) is 38.5 Å². The van der Waals surface area contributed by atoms with Gasteiger partial charge in [0.05, 0.1) is 18.1 Å². The zero-order chi connectivity index (χ0) is 18.1. The highest BCUT2D eigenvalue weighted by molar-refractivity contribution is 5.98. The summed E-state index contributed by atoms with van der Waals surface area (Å²) in [6, 6.07) is 8.36. The summed E-state index contributed by atoms with van der Waals surface area (Å²) in [5.41, 5.74) is 6.66. The van der Waals surface area contributed by atoms with Crippen LogP contribution in [0.15, 0.2) is 24.3 Å². The van der Waals surface area contributed by atoms with Crippen LogP contribution in [0.5, 0.6) is 0 Å². The number of hydrogen-bond donors (Lipinski definition) is 2. The molecule has 1 aliphatic rings. The van der Waals surface area contributed by atoms with Gasteiger partial charge in [0.1, 0.15) is 0 Å². The second-order valence-corrected chi connectivity index (χ2v) is 6.39. The van der Waals surface area contributed by atoms with Gasteiger partial charge in [-0.3, -0.25) is 9.69 Å². The quantitative estimate of drug-likeness (QED) is 0.796. The van der Waals surface area contributed by atoms with Gasteiger partial charge in [0.15, 0.2) is 0 Å². The lowest BCUT2D eigenvalue weighted by atomic mass is 9.86. The Bertz CT molecular complexity index is 633. The summed E-state index contributed by atoms with van der Waals surface area (Å²) >= 11 is 0. The molecule has 0 heterocycles. The third kappa shape index (κ3) is 6.11.